The maximum Gasteiger partial charge on any atom is 0.264 e. The smallest absolute Gasteiger partial charge is 0.264 e. The Labute approximate surface area is 286 Å². The third-order valence-corrected chi connectivity index (χ3v) is 9.58. The maximum absolute atomic E-state index is 14.5. The molecule has 0 aliphatic heterocycles. The van der Waals surface area contributed by atoms with Gasteiger partial charge < -0.3 is 19.7 Å². The van der Waals surface area contributed by atoms with Gasteiger partial charge in [0.05, 0.1) is 24.8 Å². The number of halogens is 2. The minimum atomic E-state index is -4.45. The molecule has 1 N–H and O–H groups in total. The first-order valence-corrected chi connectivity index (χ1v) is 17.1. The standard InChI is InChI=1S/C36H39ClFN3O6S/c1-25(2)22-39-36(43)32(20-26-8-6-5-7-9-26)40(23-27-10-12-28(37)13-11-27)35(42)24-41(30-16-14-29(38)15-17-30)48(44,45)31-18-19-33(46-3)34(21-31)47-4/h5-19,21,25,32H,20,22-24H2,1-4H3,(H,39,43). The van der Waals surface area contributed by atoms with E-state index in [-0.39, 0.29) is 41.1 Å². The first-order valence-electron chi connectivity index (χ1n) is 15.3. The van der Waals surface area contributed by atoms with Gasteiger partial charge in [-0.15, -0.1) is 0 Å². The number of ether oxygens (including phenoxy) is 2. The average Bonchev–Trinajstić information content (AvgIpc) is 3.08. The zero-order valence-electron chi connectivity index (χ0n) is 27.2. The zero-order chi connectivity index (χ0) is 34.8. The van der Waals surface area contributed by atoms with Crippen LogP contribution in [0.5, 0.6) is 11.5 Å². The molecule has 0 aliphatic carbocycles. The molecule has 0 radical (unpaired) electrons. The second-order valence-electron chi connectivity index (χ2n) is 11.5. The predicted molar refractivity (Wildman–Crippen MR) is 184 cm³/mol. The van der Waals surface area contributed by atoms with Crippen molar-refractivity contribution in [1.29, 1.82) is 0 Å². The highest BCUT2D eigenvalue weighted by Crippen LogP contribution is 2.32. The normalized spacial score (nSPS) is 11.9. The van der Waals surface area contributed by atoms with Crippen LogP contribution < -0.4 is 19.1 Å². The van der Waals surface area contributed by atoms with Crippen LogP contribution in [0.4, 0.5) is 10.1 Å². The molecule has 0 saturated carbocycles. The Morgan fingerprint density at radius 1 is 0.854 bits per heavy atom. The number of sulfonamides is 1. The summed E-state index contributed by atoms with van der Waals surface area (Å²) in [5, 5.41) is 3.45. The van der Waals surface area contributed by atoms with Crippen LogP contribution in [-0.2, 0) is 32.6 Å². The molecule has 0 aromatic heterocycles. The van der Waals surface area contributed by atoms with Crippen molar-refractivity contribution >= 4 is 39.1 Å². The van der Waals surface area contributed by atoms with Gasteiger partial charge in [-0.05, 0) is 65.6 Å². The highest BCUT2D eigenvalue weighted by Gasteiger charge is 2.35. The molecule has 12 heteroatoms. The fourth-order valence-electron chi connectivity index (χ4n) is 5.00. The van der Waals surface area contributed by atoms with Gasteiger partial charge in [0.25, 0.3) is 10.0 Å². The number of carbonyl (C=O) groups is 2. The minimum absolute atomic E-state index is 0.0176. The van der Waals surface area contributed by atoms with Gasteiger partial charge in [-0.1, -0.05) is 67.9 Å². The van der Waals surface area contributed by atoms with Crippen LogP contribution in [0.1, 0.15) is 25.0 Å². The Bertz CT molecular complexity index is 1790. The van der Waals surface area contributed by atoms with Gasteiger partial charge in [-0.25, -0.2) is 12.8 Å². The minimum Gasteiger partial charge on any atom is -0.493 e. The van der Waals surface area contributed by atoms with Gasteiger partial charge in [0.1, 0.15) is 18.4 Å². The van der Waals surface area contributed by atoms with E-state index in [2.05, 4.69) is 5.32 Å². The van der Waals surface area contributed by atoms with Crippen LogP contribution in [-0.4, -0.2) is 58.5 Å². The van der Waals surface area contributed by atoms with E-state index in [1.54, 1.807) is 24.3 Å². The summed E-state index contributed by atoms with van der Waals surface area (Å²) in [4.78, 5) is 29.6. The third kappa shape index (κ3) is 9.26. The van der Waals surface area contributed by atoms with Crippen molar-refractivity contribution < 1.29 is 31.9 Å². The lowest BCUT2D eigenvalue weighted by molar-refractivity contribution is -0.140. The van der Waals surface area contributed by atoms with Crippen molar-refractivity contribution in [1.82, 2.24) is 10.2 Å². The lowest BCUT2D eigenvalue weighted by atomic mass is 10.0. The number of nitrogens with zero attached hydrogens (tertiary/aromatic N) is 2. The lowest BCUT2D eigenvalue weighted by Crippen LogP contribution is -2.53. The number of methoxy groups -OCH3 is 2. The molecule has 48 heavy (non-hydrogen) atoms. The van der Waals surface area contributed by atoms with Gasteiger partial charge in [0.15, 0.2) is 11.5 Å². The number of benzene rings is 4. The molecule has 9 nitrogen and oxygen atoms in total. The van der Waals surface area contributed by atoms with E-state index in [1.165, 1.54) is 49.5 Å². The highest BCUT2D eigenvalue weighted by atomic mass is 35.5. The first-order chi connectivity index (χ1) is 22.9. The Morgan fingerprint density at radius 2 is 1.50 bits per heavy atom. The summed E-state index contributed by atoms with van der Waals surface area (Å²) in [6.45, 7) is 3.59. The SMILES string of the molecule is COc1ccc(S(=O)(=O)N(CC(=O)N(Cc2ccc(Cl)cc2)C(Cc2ccccc2)C(=O)NCC(C)C)c2ccc(F)cc2)cc1OC. The fourth-order valence-corrected chi connectivity index (χ4v) is 6.56. The van der Waals surface area contributed by atoms with Crippen molar-refractivity contribution in [3.63, 3.8) is 0 Å². The number of carbonyl (C=O) groups excluding carboxylic acids is 2. The van der Waals surface area contributed by atoms with Crippen molar-refractivity contribution in [2.45, 2.75) is 37.8 Å². The van der Waals surface area contributed by atoms with Gasteiger partial charge in [-0.3, -0.25) is 13.9 Å². The van der Waals surface area contributed by atoms with Crippen LogP contribution in [0.15, 0.2) is 102 Å². The highest BCUT2D eigenvalue weighted by molar-refractivity contribution is 7.92. The molecular formula is C36H39ClFN3O6S. The molecular weight excluding hydrogens is 657 g/mol. The Kier molecular flexibility index (Phi) is 12.4. The monoisotopic (exact) mass is 695 g/mol. The lowest BCUT2D eigenvalue weighted by Gasteiger charge is -2.34. The second kappa shape index (κ2) is 16.5. The number of anilines is 1. The fraction of sp³-hybridized carbons (Fsp3) is 0.278. The molecule has 4 aromatic carbocycles. The summed E-state index contributed by atoms with van der Waals surface area (Å²) in [6.07, 6.45) is 0.170. The molecule has 4 rings (SSSR count). The molecule has 0 heterocycles. The molecule has 1 unspecified atom stereocenters. The molecule has 0 aliphatic rings. The number of amides is 2. The second-order valence-corrected chi connectivity index (χ2v) is 13.8. The summed E-state index contributed by atoms with van der Waals surface area (Å²) in [5.74, 6) is -0.996. The van der Waals surface area contributed by atoms with Crippen molar-refractivity contribution in [3.8, 4) is 11.5 Å². The van der Waals surface area contributed by atoms with E-state index in [9.17, 15) is 22.4 Å². The van der Waals surface area contributed by atoms with Gasteiger partial charge in [0.2, 0.25) is 11.8 Å². The van der Waals surface area contributed by atoms with Gasteiger partial charge in [-0.2, -0.15) is 0 Å². The summed E-state index contributed by atoms with van der Waals surface area (Å²) < 4.78 is 54.1. The summed E-state index contributed by atoms with van der Waals surface area (Å²) >= 11 is 6.14. The summed E-state index contributed by atoms with van der Waals surface area (Å²) in [7, 11) is -1.65. The van der Waals surface area contributed by atoms with Crippen LogP contribution in [0.2, 0.25) is 5.02 Å². The van der Waals surface area contributed by atoms with Crippen molar-refractivity contribution in [2.24, 2.45) is 5.92 Å². The third-order valence-electron chi connectivity index (χ3n) is 7.56. The molecule has 2 amide bonds. The molecule has 4 aromatic rings. The Balaban J connectivity index is 1.81. The largest absolute Gasteiger partial charge is 0.493 e. The summed E-state index contributed by atoms with van der Waals surface area (Å²) in [6, 6.07) is 23.9. The number of nitrogens with one attached hydrogen (secondary N) is 1. The molecule has 0 saturated heterocycles. The topological polar surface area (TPSA) is 105 Å². The van der Waals surface area contributed by atoms with Crippen LogP contribution in [0, 0.1) is 11.7 Å². The van der Waals surface area contributed by atoms with E-state index < -0.39 is 34.3 Å². The average molecular weight is 696 g/mol. The Hall–Kier alpha value is -4.61. The van der Waals surface area contributed by atoms with E-state index in [0.717, 1.165) is 22.0 Å². The predicted octanol–water partition coefficient (Wildman–Crippen LogP) is 6.10. The number of hydrogen-bond donors (Lipinski definition) is 1. The summed E-state index contributed by atoms with van der Waals surface area (Å²) in [5.41, 5.74) is 1.54. The van der Waals surface area contributed by atoms with Crippen LogP contribution in [0.25, 0.3) is 0 Å². The van der Waals surface area contributed by atoms with Gasteiger partial charge in [0, 0.05) is 30.6 Å². The number of rotatable bonds is 15. The van der Waals surface area contributed by atoms with E-state index in [1.807, 2.05) is 44.2 Å². The molecule has 1 atom stereocenters. The zero-order valence-corrected chi connectivity index (χ0v) is 28.8. The van der Waals surface area contributed by atoms with E-state index >= 15 is 0 Å². The number of hydrogen-bond acceptors (Lipinski definition) is 6. The van der Waals surface area contributed by atoms with Crippen LogP contribution >= 0.6 is 11.6 Å². The molecule has 0 fully saturated rings. The maximum atomic E-state index is 14.5. The van der Waals surface area contributed by atoms with E-state index in [4.69, 9.17) is 21.1 Å². The molecule has 0 spiro atoms. The molecule has 254 valence electrons. The Morgan fingerprint density at radius 3 is 2.10 bits per heavy atom. The van der Waals surface area contributed by atoms with Crippen molar-refractivity contribution in [3.05, 3.63) is 119 Å². The van der Waals surface area contributed by atoms with Crippen LogP contribution in [0.3, 0.4) is 0 Å². The van der Waals surface area contributed by atoms with Gasteiger partial charge >= 0.3 is 0 Å². The molecule has 0 bridgehead atoms. The quantitative estimate of drug-likeness (QED) is 0.161. The van der Waals surface area contributed by atoms with Crippen molar-refractivity contribution in [2.75, 3.05) is 31.6 Å². The van der Waals surface area contributed by atoms with E-state index in [0.29, 0.717) is 22.9 Å². The first kappa shape index (κ1) is 36.2.